The normalized spacial score (nSPS) is 27.7. The van der Waals surface area contributed by atoms with Gasteiger partial charge in [0.05, 0.1) is 0 Å². The van der Waals surface area contributed by atoms with Gasteiger partial charge in [-0.3, -0.25) is 0 Å². The van der Waals surface area contributed by atoms with Crippen molar-refractivity contribution in [3.63, 3.8) is 0 Å². The molecule has 1 N–H and O–H groups in total. The van der Waals surface area contributed by atoms with Crippen LogP contribution in [0.5, 0.6) is 0 Å². The number of thioether (sulfide) groups is 1. The van der Waals surface area contributed by atoms with Crippen LogP contribution in [0.1, 0.15) is 17.9 Å². The molecule has 0 bridgehead atoms. The predicted molar refractivity (Wildman–Crippen MR) is 71.1 cm³/mol. The number of anilines is 1. The van der Waals surface area contributed by atoms with E-state index in [1.165, 1.54) is 5.56 Å². The molecule has 1 saturated heterocycles. The van der Waals surface area contributed by atoms with E-state index < -0.39 is 0 Å². The zero-order chi connectivity index (χ0) is 12.0. The van der Waals surface area contributed by atoms with Crippen LogP contribution in [0.25, 0.3) is 0 Å². The molecule has 2 aliphatic rings. The zero-order valence-corrected chi connectivity index (χ0v) is 11.5. The summed E-state index contributed by atoms with van der Waals surface area (Å²) >= 11 is 8.14. The molecule has 6 heteroatoms. The van der Waals surface area contributed by atoms with Crippen LogP contribution in [-0.2, 0) is 0 Å². The van der Waals surface area contributed by atoms with E-state index >= 15 is 0 Å². The molecule has 0 spiro atoms. The third-order valence-corrected chi connectivity index (χ3v) is 5.09. The second kappa shape index (κ2) is 4.30. The lowest BCUT2D eigenvalue weighted by Crippen LogP contribution is -2.36. The van der Waals surface area contributed by atoms with E-state index in [0.717, 1.165) is 24.5 Å². The second-order valence-corrected chi connectivity index (χ2v) is 6.21. The van der Waals surface area contributed by atoms with Crippen LogP contribution in [0.4, 0.5) is 5.95 Å². The van der Waals surface area contributed by atoms with Gasteiger partial charge in [-0.1, -0.05) is 11.6 Å². The summed E-state index contributed by atoms with van der Waals surface area (Å²) in [5.74, 6) is 1.15. The third-order valence-electron chi connectivity index (χ3n) is 3.48. The average Bonchev–Trinajstić information content (AvgIpc) is 2.66. The minimum Gasteiger partial charge on any atom is -0.357 e. The number of halogens is 1. The van der Waals surface area contributed by atoms with Crippen LogP contribution in [-0.4, -0.2) is 47.3 Å². The number of hydrogen-bond donors (Lipinski definition) is 1. The molecule has 0 aliphatic carbocycles. The smallest absolute Gasteiger partial charge is 0.224 e. The SMILES string of the molecule is CNc1nc(Cl)c2c(n1)SC1CN(C)CCC21. The van der Waals surface area contributed by atoms with E-state index in [-0.39, 0.29) is 0 Å². The van der Waals surface area contributed by atoms with Gasteiger partial charge in [0.15, 0.2) is 0 Å². The maximum atomic E-state index is 6.29. The fourth-order valence-electron chi connectivity index (χ4n) is 2.60. The fraction of sp³-hybridized carbons (Fsp3) is 0.636. The molecule has 0 aromatic carbocycles. The first kappa shape index (κ1) is 11.6. The number of nitrogens with one attached hydrogen (secondary N) is 1. The van der Waals surface area contributed by atoms with Crippen molar-refractivity contribution in [1.82, 2.24) is 14.9 Å². The monoisotopic (exact) mass is 270 g/mol. The van der Waals surface area contributed by atoms with Crippen LogP contribution in [0.2, 0.25) is 5.15 Å². The molecule has 2 unspecified atom stereocenters. The summed E-state index contributed by atoms with van der Waals surface area (Å²) in [6, 6.07) is 0. The Kier molecular flexibility index (Phi) is 2.92. The number of aromatic nitrogens is 2. The van der Waals surface area contributed by atoms with E-state index in [1.807, 2.05) is 18.8 Å². The minimum atomic E-state index is 0.532. The van der Waals surface area contributed by atoms with Gasteiger partial charge < -0.3 is 10.2 Å². The molecule has 1 fully saturated rings. The number of hydrogen-bond acceptors (Lipinski definition) is 5. The topological polar surface area (TPSA) is 41.1 Å². The molecule has 3 rings (SSSR count). The number of fused-ring (bicyclic) bond motifs is 3. The van der Waals surface area contributed by atoms with Gasteiger partial charge in [0, 0.05) is 30.3 Å². The lowest BCUT2D eigenvalue weighted by atomic mass is 9.91. The van der Waals surface area contributed by atoms with Crippen LogP contribution < -0.4 is 5.32 Å². The van der Waals surface area contributed by atoms with Gasteiger partial charge in [-0.2, -0.15) is 0 Å². The molecular formula is C11H15ClN4S. The lowest BCUT2D eigenvalue weighted by Gasteiger charge is -2.31. The molecule has 1 aromatic rings. The van der Waals surface area contributed by atoms with Crippen LogP contribution in [0.15, 0.2) is 5.03 Å². The number of nitrogens with zero attached hydrogens (tertiary/aromatic N) is 3. The maximum Gasteiger partial charge on any atom is 0.224 e. The fourth-order valence-corrected chi connectivity index (χ4v) is 4.53. The Morgan fingerprint density at radius 1 is 1.47 bits per heavy atom. The molecule has 92 valence electrons. The van der Waals surface area contributed by atoms with Gasteiger partial charge in [0.1, 0.15) is 10.2 Å². The first-order valence-electron chi connectivity index (χ1n) is 5.79. The Bertz CT molecular complexity index is 453. The van der Waals surface area contributed by atoms with Crippen molar-refractivity contribution >= 4 is 29.3 Å². The summed E-state index contributed by atoms with van der Waals surface area (Å²) in [7, 11) is 3.99. The maximum absolute atomic E-state index is 6.29. The summed E-state index contributed by atoms with van der Waals surface area (Å²) in [5, 5.41) is 5.24. The predicted octanol–water partition coefficient (Wildman–Crippen LogP) is 2.07. The van der Waals surface area contributed by atoms with Crippen LogP contribution in [0.3, 0.4) is 0 Å². The molecule has 4 nitrogen and oxygen atoms in total. The van der Waals surface area contributed by atoms with E-state index in [1.54, 1.807) is 0 Å². The zero-order valence-electron chi connectivity index (χ0n) is 9.90. The summed E-state index contributed by atoms with van der Waals surface area (Å²) in [5.41, 5.74) is 1.17. The molecule has 3 heterocycles. The molecule has 0 saturated carbocycles. The first-order valence-corrected chi connectivity index (χ1v) is 7.05. The van der Waals surface area contributed by atoms with Crippen molar-refractivity contribution in [2.75, 3.05) is 32.5 Å². The van der Waals surface area contributed by atoms with Crippen molar-refractivity contribution in [3.05, 3.63) is 10.7 Å². The molecule has 0 amide bonds. The van der Waals surface area contributed by atoms with Crippen LogP contribution in [0, 0.1) is 0 Å². The highest BCUT2D eigenvalue weighted by atomic mass is 35.5. The van der Waals surface area contributed by atoms with Crippen molar-refractivity contribution in [1.29, 1.82) is 0 Å². The summed E-state index contributed by atoms with van der Waals surface area (Å²) in [4.78, 5) is 11.2. The van der Waals surface area contributed by atoms with E-state index in [4.69, 9.17) is 11.6 Å². The van der Waals surface area contributed by atoms with E-state index in [9.17, 15) is 0 Å². The van der Waals surface area contributed by atoms with Crippen LogP contribution >= 0.6 is 23.4 Å². The standard InChI is InChI=1S/C11H15ClN4S/c1-13-11-14-9(12)8-6-3-4-16(2)5-7(6)17-10(8)15-11/h6-7H,3-5H2,1-2H3,(H,13,14,15). The molecule has 0 radical (unpaired) electrons. The minimum absolute atomic E-state index is 0.532. The molecule has 2 atom stereocenters. The highest BCUT2D eigenvalue weighted by molar-refractivity contribution is 8.00. The summed E-state index contributed by atoms with van der Waals surface area (Å²) < 4.78 is 0. The summed E-state index contributed by atoms with van der Waals surface area (Å²) in [6.45, 7) is 2.24. The van der Waals surface area contributed by atoms with Gasteiger partial charge in [-0.05, 0) is 20.0 Å². The van der Waals surface area contributed by atoms with Crippen molar-refractivity contribution in [2.24, 2.45) is 0 Å². The highest BCUT2D eigenvalue weighted by Gasteiger charge is 2.39. The quantitative estimate of drug-likeness (QED) is 0.791. The number of rotatable bonds is 1. The largest absolute Gasteiger partial charge is 0.357 e. The lowest BCUT2D eigenvalue weighted by molar-refractivity contribution is 0.264. The Hall–Kier alpha value is -0.520. The molecule has 17 heavy (non-hydrogen) atoms. The van der Waals surface area contributed by atoms with Gasteiger partial charge in [-0.25, -0.2) is 9.97 Å². The summed E-state index contributed by atoms with van der Waals surface area (Å²) in [6.07, 6.45) is 1.16. The molecule has 1 aromatic heterocycles. The molecular weight excluding hydrogens is 256 g/mol. The Labute approximate surface area is 110 Å². The van der Waals surface area contributed by atoms with Crippen molar-refractivity contribution < 1.29 is 0 Å². The van der Waals surface area contributed by atoms with Gasteiger partial charge >= 0.3 is 0 Å². The number of likely N-dealkylation sites (tertiary alicyclic amines) is 1. The number of piperidine rings is 1. The van der Waals surface area contributed by atoms with E-state index in [0.29, 0.717) is 22.3 Å². The average molecular weight is 271 g/mol. The van der Waals surface area contributed by atoms with Crippen molar-refractivity contribution in [3.8, 4) is 0 Å². The van der Waals surface area contributed by atoms with Crippen molar-refractivity contribution in [2.45, 2.75) is 22.6 Å². The van der Waals surface area contributed by atoms with Gasteiger partial charge in [-0.15, -0.1) is 11.8 Å². The van der Waals surface area contributed by atoms with Gasteiger partial charge in [0.2, 0.25) is 5.95 Å². The van der Waals surface area contributed by atoms with Gasteiger partial charge in [0.25, 0.3) is 0 Å². The Balaban J connectivity index is 1.99. The second-order valence-electron chi connectivity index (χ2n) is 4.62. The molecule has 2 aliphatic heterocycles. The highest BCUT2D eigenvalue weighted by Crippen LogP contribution is 2.50. The third kappa shape index (κ3) is 1.90. The Morgan fingerprint density at radius 2 is 2.29 bits per heavy atom. The van der Waals surface area contributed by atoms with E-state index in [2.05, 4.69) is 27.2 Å². The Morgan fingerprint density at radius 3 is 3.06 bits per heavy atom. The first-order chi connectivity index (χ1) is 8.19.